The Morgan fingerprint density at radius 2 is 2.00 bits per heavy atom. The summed E-state index contributed by atoms with van der Waals surface area (Å²) in [6.07, 6.45) is 2.09. The third kappa shape index (κ3) is 3.76. The number of carbonyl (C=O) groups is 1. The summed E-state index contributed by atoms with van der Waals surface area (Å²) in [5.41, 5.74) is 1.12. The van der Waals surface area contributed by atoms with Gasteiger partial charge in [-0.2, -0.15) is 0 Å². The minimum absolute atomic E-state index is 0.0119. The van der Waals surface area contributed by atoms with Gasteiger partial charge in [-0.15, -0.1) is 0 Å². The average Bonchev–Trinajstić information content (AvgIpc) is 3.18. The molecule has 1 atom stereocenters. The average molecular weight is 247 g/mol. The molecule has 98 valence electrons. The Morgan fingerprint density at radius 1 is 1.33 bits per heavy atom. The highest BCUT2D eigenvalue weighted by Crippen LogP contribution is 2.29. The largest absolute Gasteiger partial charge is 0.449 e. The molecule has 1 aliphatic rings. The van der Waals surface area contributed by atoms with E-state index < -0.39 is 0 Å². The van der Waals surface area contributed by atoms with Gasteiger partial charge in [-0.25, -0.2) is 4.79 Å². The van der Waals surface area contributed by atoms with Gasteiger partial charge in [-0.1, -0.05) is 44.2 Å². The third-order valence-corrected chi connectivity index (χ3v) is 3.25. The van der Waals surface area contributed by atoms with E-state index in [1.807, 2.05) is 30.3 Å². The van der Waals surface area contributed by atoms with Crippen molar-refractivity contribution in [2.75, 3.05) is 6.61 Å². The van der Waals surface area contributed by atoms with E-state index in [1.165, 1.54) is 12.8 Å². The molecule has 0 aliphatic heterocycles. The fraction of sp³-hybridized carbons (Fsp3) is 0.533. The quantitative estimate of drug-likeness (QED) is 0.864. The summed E-state index contributed by atoms with van der Waals surface area (Å²) in [7, 11) is 0. The van der Waals surface area contributed by atoms with Crippen molar-refractivity contribution in [1.29, 1.82) is 0 Å². The Hall–Kier alpha value is -1.51. The SMILES string of the molecule is CC(C)C(NC(=O)OCC1CC1)c1ccccc1. The fourth-order valence-corrected chi connectivity index (χ4v) is 1.94. The zero-order valence-corrected chi connectivity index (χ0v) is 11.1. The van der Waals surface area contributed by atoms with Crippen molar-refractivity contribution in [3.63, 3.8) is 0 Å². The maximum Gasteiger partial charge on any atom is 0.407 e. The van der Waals surface area contributed by atoms with E-state index in [9.17, 15) is 4.79 Å². The van der Waals surface area contributed by atoms with Crippen LogP contribution in [0.2, 0.25) is 0 Å². The lowest BCUT2D eigenvalue weighted by Gasteiger charge is -2.22. The molecule has 1 unspecified atom stereocenters. The molecule has 1 N–H and O–H groups in total. The topological polar surface area (TPSA) is 38.3 Å². The van der Waals surface area contributed by atoms with Gasteiger partial charge in [-0.3, -0.25) is 0 Å². The molecule has 3 heteroatoms. The maximum absolute atomic E-state index is 11.7. The van der Waals surface area contributed by atoms with Crippen molar-refractivity contribution in [1.82, 2.24) is 5.32 Å². The summed E-state index contributed by atoms with van der Waals surface area (Å²) in [4.78, 5) is 11.7. The van der Waals surface area contributed by atoms with Crippen LogP contribution in [0.15, 0.2) is 30.3 Å². The van der Waals surface area contributed by atoms with E-state index >= 15 is 0 Å². The van der Waals surface area contributed by atoms with Gasteiger partial charge >= 0.3 is 6.09 Å². The van der Waals surface area contributed by atoms with Crippen LogP contribution in [-0.2, 0) is 4.74 Å². The summed E-state index contributed by atoms with van der Waals surface area (Å²) < 4.78 is 5.22. The molecule has 1 aromatic rings. The number of amides is 1. The molecule has 18 heavy (non-hydrogen) atoms. The minimum Gasteiger partial charge on any atom is -0.449 e. The maximum atomic E-state index is 11.7. The Labute approximate surface area is 109 Å². The van der Waals surface area contributed by atoms with E-state index in [4.69, 9.17) is 4.74 Å². The predicted octanol–water partition coefficient (Wildman–Crippen LogP) is 3.52. The van der Waals surface area contributed by atoms with Gasteiger partial charge in [0.25, 0.3) is 0 Å². The molecule has 0 bridgehead atoms. The molecule has 0 saturated heterocycles. The summed E-state index contributed by atoms with van der Waals surface area (Å²) in [6, 6.07) is 10.0. The number of rotatable bonds is 5. The number of benzene rings is 1. The van der Waals surface area contributed by atoms with E-state index in [-0.39, 0.29) is 12.1 Å². The van der Waals surface area contributed by atoms with Crippen molar-refractivity contribution in [3.05, 3.63) is 35.9 Å². The first-order valence-electron chi connectivity index (χ1n) is 6.65. The molecule has 2 rings (SSSR count). The Balaban J connectivity index is 1.91. The highest BCUT2D eigenvalue weighted by molar-refractivity contribution is 5.68. The molecule has 0 radical (unpaired) electrons. The molecule has 3 nitrogen and oxygen atoms in total. The number of hydrogen-bond donors (Lipinski definition) is 1. The molecule has 0 aromatic heterocycles. The molecule has 1 saturated carbocycles. The normalized spacial score (nSPS) is 16.4. The second-order valence-corrected chi connectivity index (χ2v) is 5.32. The zero-order valence-electron chi connectivity index (χ0n) is 11.1. The van der Waals surface area contributed by atoms with Gasteiger partial charge in [-0.05, 0) is 30.2 Å². The lowest BCUT2D eigenvalue weighted by atomic mass is 9.96. The van der Waals surface area contributed by atoms with E-state index in [0.29, 0.717) is 18.4 Å². The van der Waals surface area contributed by atoms with Crippen LogP contribution >= 0.6 is 0 Å². The Morgan fingerprint density at radius 3 is 2.56 bits per heavy atom. The third-order valence-electron chi connectivity index (χ3n) is 3.25. The molecule has 1 aliphatic carbocycles. The Bertz CT molecular complexity index is 385. The lowest BCUT2D eigenvalue weighted by molar-refractivity contribution is 0.134. The monoisotopic (exact) mass is 247 g/mol. The van der Waals surface area contributed by atoms with Crippen molar-refractivity contribution < 1.29 is 9.53 Å². The van der Waals surface area contributed by atoms with Crippen molar-refractivity contribution in [3.8, 4) is 0 Å². The number of alkyl carbamates (subject to hydrolysis) is 1. The van der Waals surface area contributed by atoms with Gasteiger partial charge in [0, 0.05) is 0 Å². The highest BCUT2D eigenvalue weighted by atomic mass is 16.5. The number of nitrogens with one attached hydrogen (secondary N) is 1. The van der Waals surface area contributed by atoms with Crippen LogP contribution in [0.25, 0.3) is 0 Å². The van der Waals surface area contributed by atoms with Crippen LogP contribution < -0.4 is 5.32 Å². The minimum atomic E-state index is -0.301. The molecule has 1 amide bonds. The van der Waals surface area contributed by atoms with E-state index in [0.717, 1.165) is 5.56 Å². The van der Waals surface area contributed by atoms with Gasteiger partial charge in [0.05, 0.1) is 12.6 Å². The second-order valence-electron chi connectivity index (χ2n) is 5.32. The zero-order chi connectivity index (χ0) is 13.0. The molecule has 0 heterocycles. The molecule has 0 spiro atoms. The lowest BCUT2D eigenvalue weighted by Crippen LogP contribution is -2.32. The Kier molecular flexibility index (Phi) is 4.24. The molecule has 1 aromatic carbocycles. The smallest absolute Gasteiger partial charge is 0.407 e. The first kappa shape index (κ1) is 12.9. The summed E-state index contributed by atoms with van der Waals surface area (Å²) in [6.45, 7) is 4.75. The standard InChI is InChI=1S/C15H21NO2/c1-11(2)14(13-6-4-3-5-7-13)16-15(17)18-10-12-8-9-12/h3-7,11-12,14H,8-10H2,1-2H3,(H,16,17). The van der Waals surface area contributed by atoms with Crippen molar-refractivity contribution >= 4 is 6.09 Å². The number of carbonyl (C=O) groups excluding carboxylic acids is 1. The van der Waals surface area contributed by atoms with E-state index in [1.54, 1.807) is 0 Å². The van der Waals surface area contributed by atoms with Crippen LogP contribution in [-0.4, -0.2) is 12.7 Å². The molecular weight excluding hydrogens is 226 g/mol. The van der Waals surface area contributed by atoms with Gasteiger partial charge in [0.2, 0.25) is 0 Å². The first-order chi connectivity index (χ1) is 8.66. The predicted molar refractivity (Wildman–Crippen MR) is 71.2 cm³/mol. The number of ether oxygens (including phenoxy) is 1. The van der Waals surface area contributed by atoms with Crippen LogP contribution in [0.5, 0.6) is 0 Å². The van der Waals surface area contributed by atoms with Crippen LogP contribution in [0, 0.1) is 11.8 Å². The number of hydrogen-bond acceptors (Lipinski definition) is 2. The van der Waals surface area contributed by atoms with Gasteiger partial charge in [0.1, 0.15) is 0 Å². The van der Waals surface area contributed by atoms with Crippen molar-refractivity contribution in [2.45, 2.75) is 32.7 Å². The summed E-state index contributed by atoms with van der Waals surface area (Å²) in [5, 5.41) is 2.95. The van der Waals surface area contributed by atoms with Gasteiger partial charge in [0.15, 0.2) is 0 Å². The first-order valence-corrected chi connectivity index (χ1v) is 6.65. The molecular formula is C15H21NO2. The van der Waals surface area contributed by atoms with Crippen molar-refractivity contribution in [2.24, 2.45) is 11.8 Å². The molecule has 1 fully saturated rings. The van der Waals surface area contributed by atoms with Crippen LogP contribution in [0.1, 0.15) is 38.3 Å². The second kappa shape index (κ2) is 5.89. The van der Waals surface area contributed by atoms with Crippen LogP contribution in [0.3, 0.4) is 0 Å². The van der Waals surface area contributed by atoms with Crippen LogP contribution in [0.4, 0.5) is 4.79 Å². The highest BCUT2D eigenvalue weighted by Gasteiger charge is 2.24. The van der Waals surface area contributed by atoms with E-state index in [2.05, 4.69) is 19.2 Å². The summed E-state index contributed by atoms with van der Waals surface area (Å²) >= 11 is 0. The summed E-state index contributed by atoms with van der Waals surface area (Å²) in [5.74, 6) is 0.936. The van der Waals surface area contributed by atoms with Gasteiger partial charge < -0.3 is 10.1 Å². The fourth-order valence-electron chi connectivity index (χ4n) is 1.94.